The van der Waals surface area contributed by atoms with Crippen molar-refractivity contribution in [2.24, 2.45) is 0 Å². The lowest BCUT2D eigenvalue weighted by Gasteiger charge is -2.18. The molecule has 3 fully saturated rings. The zero-order valence-electron chi connectivity index (χ0n) is 24.4. The molecule has 2 aromatic rings. The monoisotopic (exact) mass is 691 g/mol. The number of hydrogen-bond acceptors (Lipinski definition) is 11. The van der Waals surface area contributed by atoms with Gasteiger partial charge in [-0.25, -0.2) is 28.0 Å². The molecule has 4 N–H and O–H groups in total. The van der Waals surface area contributed by atoms with Crippen LogP contribution in [0, 0.1) is 23.0 Å². The van der Waals surface area contributed by atoms with Crippen LogP contribution in [0.3, 0.4) is 0 Å². The molecule has 5 rings (SSSR count). The zero-order chi connectivity index (χ0) is 34.1. The van der Waals surface area contributed by atoms with Crippen molar-refractivity contribution in [1.82, 2.24) is 18.8 Å². The minimum atomic E-state index is -1.04. The lowest BCUT2D eigenvalue weighted by molar-refractivity contribution is -0.127. The summed E-state index contributed by atoms with van der Waals surface area (Å²) < 4.78 is 39.2. The smallest absolute Gasteiger partial charge is 0.357 e. The molecule has 244 valence electrons. The van der Waals surface area contributed by atoms with Crippen molar-refractivity contribution in [3.05, 3.63) is 45.5 Å². The number of carbonyl (C=O) groups excluding carboxylic acids is 4. The molecule has 0 saturated carbocycles. The highest BCUT2D eigenvalue weighted by molar-refractivity contribution is 6.39. The molecule has 13 nitrogen and oxygen atoms in total. The number of pyridine rings is 2. The predicted molar refractivity (Wildman–Crippen MR) is 160 cm³/mol. The van der Waals surface area contributed by atoms with Crippen LogP contribution in [0.2, 0.25) is 5.02 Å². The number of nitriles is 1. The first-order chi connectivity index (χ1) is 21.2. The molecular weight excluding hydrogens is 663 g/mol. The standard InChI is InChI=1S/C10H10ClFN2O2.C10H11FN2O2.C5H6Cl2N2O2.C2H3N/c11-7-5(4-15)14-10(8(12)9(7)13)6-2-1-3-16-6;11-9-7(12)4-6(5-14)13-10(9)8-2-1-3-15-8;1-5(2)3(10)8(6)4(11)9(5)7;1-2-3/h4,6H,1-3H2,(H2,13,14);4-5,8H,1-3H2,(H2,12,13);1-2H3;1H3. The van der Waals surface area contributed by atoms with Crippen LogP contribution in [0.15, 0.2) is 6.07 Å². The van der Waals surface area contributed by atoms with E-state index in [0.29, 0.717) is 43.0 Å². The van der Waals surface area contributed by atoms with Gasteiger partial charge in [0.1, 0.15) is 40.5 Å². The van der Waals surface area contributed by atoms with Gasteiger partial charge in [0.15, 0.2) is 24.2 Å². The topological polar surface area (TPSA) is 195 Å². The summed E-state index contributed by atoms with van der Waals surface area (Å²) in [5.74, 6) is -1.78. The third kappa shape index (κ3) is 8.74. The van der Waals surface area contributed by atoms with E-state index in [9.17, 15) is 28.0 Å². The summed E-state index contributed by atoms with van der Waals surface area (Å²) >= 11 is 16.5. The second kappa shape index (κ2) is 16.6. The number of imide groups is 1. The van der Waals surface area contributed by atoms with E-state index in [-0.39, 0.29) is 45.3 Å². The molecule has 3 amide bonds. The molecule has 0 aromatic carbocycles. The van der Waals surface area contributed by atoms with Crippen LogP contribution in [-0.4, -0.2) is 62.1 Å². The van der Waals surface area contributed by atoms with Gasteiger partial charge in [0, 0.05) is 43.7 Å². The van der Waals surface area contributed by atoms with Crippen molar-refractivity contribution in [3.8, 4) is 6.07 Å². The number of urea groups is 1. The Balaban J connectivity index is 0.000000229. The number of ether oxygens (including phenoxy) is 2. The largest absolute Gasteiger partial charge is 0.396 e. The number of aromatic nitrogens is 2. The van der Waals surface area contributed by atoms with Gasteiger partial charge in [0.25, 0.3) is 5.91 Å². The van der Waals surface area contributed by atoms with Crippen LogP contribution in [-0.2, 0) is 14.3 Å². The van der Waals surface area contributed by atoms with E-state index in [1.165, 1.54) is 26.8 Å². The number of amides is 3. The third-order valence-corrected chi connectivity index (χ3v) is 7.69. The van der Waals surface area contributed by atoms with E-state index in [2.05, 4.69) is 9.97 Å². The van der Waals surface area contributed by atoms with E-state index >= 15 is 0 Å². The highest BCUT2D eigenvalue weighted by Crippen LogP contribution is 2.35. The number of halogens is 5. The first kappa shape index (κ1) is 37.5. The number of anilines is 2. The molecule has 0 radical (unpaired) electrons. The fraction of sp³-hybridized carbons (Fsp3) is 0.444. The molecule has 3 aliphatic heterocycles. The summed E-state index contributed by atoms with van der Waals surface area (Å²) in [4.78, 5) is 51.0. The Labute approximate surface area is 272 Å². The highest BCUT2D eigenvalue weighted by Gasteiger charge is 2.51. The zero-order valence-corrected chi connectivity index (χ0v) is 26.6. The average Bonchev–Trinajstić information content (AvgIpc) is 3.78. The van der Waals surface area contributed by atoms with Gasteiger partial charge < -0.3 is 20.9 Å². The molecule has 18 heteroatoms. The number of nitrogens with two attached hydrogens (primary N) is 2. The maximum Gasteiger partial charge on any atom is 0.357 e. The highest BCUT2D eigenvalue weighted by atomic mass is 35.5. The lowest BCUT2D eigenvalue weighted by Crippen LogP contribution is -2.38. The molecule has 0 bridgehead atoms. The number of nitrogens with zero attached hydrogens (tertiary/aromatic N) is 5. The molecule has 3 saturated heterocycles. The SMILES string of the molecule is CC#N.CC1(C)C(=O)N(Cl)C(=O)N1Cl.Nc1c(F)c(C2CCCO2)nc(C=O)c1Cl.Nc1cc(C=O)nc(C2CCCO2)c1F. The minimum absolute atomic E-state index is 0.0499. The molecule has 45 heavy (non-hydrogen) atoms. The van der Waals surface area contributed by atoms with E-state index in [4.69, 9.17) is 61.4 Å². The van der Waals surface area contributed by atoms with Gasteiger partial charge in [0.2, 0.25) is 0 Å². The maximum atomic E-state index is 13.8. The first-order valence-corrected chi connectivity index (χ1v) is 14.3. The second-order valence-electron chi connectivity index (χ2n) is 9.93. The van der Waals surface area contributed by atoms with Crippen LogP contribution in [0.1, 0.15) is 91.0 Å². The number of hydrogen-bond donors (Lipinski definition) is 2. The van der Waals surface area contributed by atoms with Gasteiger partial charge in [-0.3, -0.25) is 14.4 Å². The van der Waals surface area contributed by atoms with E-state index in [1.54, 1.807) is 6.07 Å². The van der Waals surface area contributed by atoms with Crippen LogP contribution in [0.5, 0.6) is 0 Å². The summed E-state index contributed by atoms with van der Waals surface area (Å²) in [6, 6.07) is 2.27. The summed E-state index contributed by atoms with van der Waals surface area (Å²) in [7, 11) is 0. The van der Waals surface area contributed by atoms with Gasteiger partial charge in [-0.05, 0) is 45.6 Å². The van der Waals surface area contributed by atoms with Crippen molar-refractivity contribution in [2.75, 3.05) is 24.7 Å². The molecule has 3 aliphatic rings. The summed E-state index contributed by atoms with van der Waals surface area (Å²) in [6.45, 7) is 5.62. The normalized spacial score (nSPS) is 19.8. The van der Waals surface area contributed by atoms with Crippen LogP contribution in [0.25, 0.3) is 0 Å². The first-order valence-electron chi connectivity index (χ1n) is 13.2. The summed E-state index contributed by atoms with van der Waals surface area (Å²) in [6.07, 6.45) is 3.30. The number of aldehydes is 2. The fourth-order valence-corrected chi connectivity index (χ4v) is 4.71. The lowest BCUT2D eigenvalue weighted by atomic mass is 10.1. The fourth-order valence-electron chi connectivity index (χ4n) is 4.07. The third-order valence-electron chi connectivity index (χ3n) is 6.42. The maximum absolute atomic E-state index is 13.8. The van der Waals surface area contributed by atoms with Crippen LogP contribution in [0.4, 0.5) is 25.0 Å². The van der Waals surface area contributed by atoms with E-state index in [0.717, 1.165) is 17.3 Å². The van der Waals surface area contributed by atoms with Gasteiger partial charge >= 0.3 is 6.03 Å². The van der Waals surface area contributed by atoms with Crippen molar-refractivity contribution in [3.63, 3.8) is 0 Å². The van der Waals surface area contributed by atoms with E-state index < -0.39 is 35.2 Å². The number of nitrogen functional groups attached to an aromatic ring is 2. The molecule has 2 unspecified atom stereocenters. The average molecular weight is 693 g/mol. The van der Waals surface area contributed by atoms with Crippen LogP contribution < -0.4 is 11.5 Å². The van der Waals surface area contributed by atoms with Gasteiger partial charge in [-0.2, -0.15) is 9.68 Å². The van der Waals surface area contributed by atoms with Gasteiger partial charge in [0.05, 0.1) is 22.5 Å². The second-order valence-corrected chi connectivity index (χ2v) is 11.0. The Hall–Kier alpha value is -3.68. The number of carbonyl (C=O) groups is 4. The molecule has 2 aromatic heterocycles. The molecule has 2 atom stereocenters. The van der Waals surface area contributed by atoms with Crippen molar-refractivity contribution in [2.45, 2.75) is 64.2 Å². The Morgan fingerprint density at radius 1 is 1.02 bits per heavy atom. The summed E-state index contributed by atoms with van der Waals surface area (Å²) in [5, 5.41) is 7.18. The quantitative estimate of drug-likeness (QED) is 0.235. The van der Waals surface area contributed by atoms with Crippen molar-refractivity contribution >= 4 is 71.0 Å². The Morgan fingerprint density at radius 2 is 1.53 bits per heavy atom. The number of rotatable bonds is 4. The molecular formula is C27H30Cl3F2N7O6. The minimum Gasteiger partial charge on any atom is -0.396 e. The summed E-state index contributed by atoms with van der Waals surface area (Å²) in [5.41, 5.74) is 9.86. The Morgan fingerprint density at radius 3 is 1.89 bits per heavy atom. The van der Waals surface area contributed by atoms with Crippen LogP contribution >= 0.6 is 35.2 Å². The van der Waals surface area contributed by atoms with E-state index in [1.807, 2.05) is 0 Å². The van der Waals surface area contributed by atoms with Gasteiger partial charge in [-0.15, -0.1) is 0 Å². The van der Waals surface area contributed by atoms with Crippen molar-refractivity contribution in [1.29, 1.82) is 5.26 Å². The van der Waals surface area contributed by atoms with Crippen molar-refractivity contribution < 1.29 is 37.4 Å². The Bertz CT molecular complexity index is 1470. The molecule has 0 spiro atoms. The molecule has 5 heterocycles. The molecule has 0 aliphatic carbocycles. The Kier molecular flexibility index (Phi) is 13.8. The van der Waals surface area contributed by atoms with Gasteiger partial charge in [-0.1, -0.05) is 11.6 Å². The predicted octanol–water partition coefficient (Wildman–Crippen LogP) is 5.45.